The zero-order chi connectivity index (χ0) is 17.1. The fourth-order valence-corrected chi connectivity index (χ4v) is 3.20. The summed E-state index contributed by atoms with van der Waals surface area (Å²) < 4.78 is 0. The van der Waals surface area contributed by atoms with Crippen LogP contribution in [-0.4, -0.2) is 21.5 Å². The van der Waals surface area contributed by atoms with Crippen molar-refractivity contribution in [1.29, 1.82) is 0 Å². The topological polar surface area (TPSA) is 53.6 Å². The van der Waals surface area contributed by atoms with Crippen molar-refractivity contribution in [2.45, 2.75) is 6.42 Å². The van der Waals surface area contributed by atoms with Crippen LogP contribution in [-0.2, 0) is 6.42 Å². The van der Waals surface area contributed by atoms with Gasteiger partial charge in [0.2, 0.25) is 0 Å². The van der Waals surface area contributed by atoms with Gasteiger partial charge in [0.05, 0.1) is 5.02 Å². The van der Waals surface area contributed by atoms with Gasteiger partial charge in [-0.2, -0.15) is 0 Å². The Labute approximate surface area is 150 Å². The predicted octanol–water partition coefficient (Wildman–Crippen LogP) is 4.93. The van der Waals surface area contributed by atoms with Gasteiger partial charge >= 0.3 is 0 Å². The van der Waals surface area contributed by atoms with Gasteiger partial charge in [0.25, 0.3) is 0 Å². The molecule has 0 unspecified atom stereocenters. The van der Waals surface area contributed by atoms with Gasteiger partial charge in [0.15, 0.2) is 5.82 Å². The Bertz CT molecular complexity index is 1010. The minimum absolute atomic E-state index is 0.669. The molecule has 0 saturated heterocycles. The van der Waals surface area contributed by atoms with Crippen molar-refractivity contribution in [2.24, 2.45) is 0 Å². The molecular formula is C20H17ClN4. The monoisotopic (exact) mass is 348 g/mol. The average Bonchev–Trinajstić information content (AvgIpc) is 3.06. The maximum atomic E-state index is 6.31. The third-order valence-corrected chi connectivity index (χ3v) is 4.52. The second kappa shape index (κ2) is 6.95. The largest absolute Gasteiger partial charge is 0.368 e. The van der Waals surface area contributed by atoms with Crippen LogP contribution in [0.2, 0.25) is 5.02 Å². The molecule has 0 atom stereocenters. The summed E-state index contributed by atoms with van der Waals surface area (Å²) in [6.07, 6.45) is 6.33. The van der Waals surface area contributed by atoms with E-state index in [9.17, 15) is 0 Å². The molecule has 0 spiro atoms. The molecule has 4 nitrogen and oxygen atoms in total. The zero-order valence-electron chi connectivity index (χ0n) is 13.5. The molecule has 0 bridgehead atoms. The van der Waals surface area contributed by atoms with E-state index in [0.29, 0.717) is 5.02 Å². The van der Waals surface area contributed by atoms with E-state index in [-0.39, 0.29) is 0 Å². The number of rotatable bonds is 5. The highest BCUT2D eigenvalue weighted by Crippen LogP contribution is 2.30. The molecule has 0 fully saturated rings. The molecule has 25 heavy (non-hydrogen) atoms. The molecule has 2 aromatic heterocycles. The van der Waals surface area contributed by atoms with Crippen LogP contribution in [0.4, 0.5) is 5.82 Å². The number of fused-ring (bicyclic) bond motifs is 1. The number of nitrogens with zero attached hydrogens (tertiary/aromatic N) is 2. The first-order valence-corrected chi connectivity index (χ1v) is 8.55. The minimum Gasteiger partial charge on any atom is -0.368 e. The molecule has 0 aliphatic heterocycles. The van der Waals surface area contributed by atoms with Crippen molar-refractivity contribution in [2.75, 3.05) is 11.9 Å². The van der Waals surface area contributed by atoms with Crippen LogP contribution in [0.15, 0.2) is 67.1 Å². The normalized spacial score (nSPS) is 10.9. The second-order valence-electron chi connectivity index (χ2n) is 5.77. The molecule has 4 aromatic rings. The van der Waals surface area contributed by atoms with Crippen LogP contribution in [0.5, 0.6) is 0 Å². The Balaban J connectivity index is 1.53. The summed E-state index contributed by atoms with van der Waals surface area (Å²) in [5, 5.41) is 5.32. The van der Waals surface area contributed by atoms with Crippen molar-refractivity contribution in [3.05, 3.63) is 77.7 Å². The second-order valence-corrected chi connectivity index (χ2v) is 6.18. The summed E-state index contributed by atoms with van der Waals surface area (Å²) in [7, 11) is 0. The molecule has 2 N–H and O–H groups in total. The van der Waals surface area contributed by atoms with E-state index in [1.54, 1.807) is 12.4 Å². The highest BCUT2D eigenvalue weighted by atomic mass is 35.5. The Morgan fingerprint density at radius 1 is 0.960 bits per heavy atom. The van der Waals surface area contributed by atoms with Crippen molar-refractivity contribution in [3.63, 3.8) is 0 Å². The van der Waals surface area contributed by atoms with E-state index < -0.39 is 0 Å². The number of benzene rings is 2. The molecule has 5 heteroatoms. The minimum atomic E-state index is 0.669. The number of nitrogens with one attached hydrogen (secondary N) is 2. The molecule has 0 saturated carbocycles. The predicted molar refractivity (Wildman–Crippen MR) is 103 cm³/mol. The van der Waals surface area contributed by atoms with Gasteiger partial charge in [0, 0.05) is 41.6 Å². The van der Waals surface area contributed by atoms with Gasteiger partial charge in [0.1, 0.15) is 5.69 Å². The number of aromatic nitrogens is 3. The summed E-state index contributed by atoms with van der Waals surface area (Å²) in [4.78, 5) is 12.2. The number of halogens is 1. The Morgan fingerprint density at radius 3 is 2.68 bits per heavy atom. The quantitative estimate of drug-likeness (QED) is 0.537. The summed E-state index contributed by atoms with van der Waals surface area (Å²) >= 11 is 6.31. The van der Waals surface area contributed by atoms with Crippen LogP contribution in [0.25, 0.3) is 22.2 Å². The Hall–Kier alpha value is -2.85. The molecule has 2 heterocycles. The first-order chi connectivity index (χ1) is 12.3. The Kier molecular flexibility index (Phi) is 4.36. The van der Waals surface area contributed by atoms with E-state index in [2.05, 4.69) is 44.7 Å². The van der Waals surface area contributed by atoms with Crippen molar-refractivity contribution in [3.8, 4) is 11.3 Å². The zero-order valence-corrected chi connectivity index (χ0v) is 14.3. The number of para-hydroxylation sites is 1. The van der Waals surface area contributed by atoms with Gasteiger partial charge in [-0.25, -0.2) is 4.98 Å². The smallest absolute Gasteiger partial charge is 0.152 e. The van der Waals surface area contributed by atoms with Crippen molar-refractivity contribution in [1.82, 2.24) is 15.0 Å². The average molecular weight is 349 g/mol. The van der Waals surface area contributed by atoms with Crippen molar-refractivity contribution >= 4 is 28.3 Å². The van der Waals surface area contributed by atoms with Crippen LogP contribution in [0.1, 0.15) is 5.56 Å². The third kappa shape index (κ3) is 3.21. The maximum Gasteiger partial charge on any atom is 0.152 e. The third-order valence-electron chi connectivity index (χ3n) is 4.19. The first-order valence-electron chi connectivity index (χ1n) is 8.18. The lowest BCUT2D eigenvalue weighted by Crippen LogP contribution is -2.08. The van der Waals surface area contributed by atoms with Crippen LogP contribution >= 0.6 is 11.6 Å². The number of anilines is 1. The van der Waals surface area contributed by atoms with E-state index in [0.717, 1.165) is 35.6 Å². The number of aromatic amines is 1. The van der Waals surface area contributed by atoms with E-state index in [1.165, 1.54) is 10.9 Å². The standard InChI is InChI=1S/C20H17ClN4/c21-17-7-3-1-6-16(17)19-20(24-12-11-22-19)23-10-9-14-13-25-18-8-4-2-5-15(14)18/h1-8,11-13,25H,9-10H2,(H,23,24). The lowest BCUT2D eigenvalue weighted by atomic mass is 10.1. The molecule has 0 aliphatic rings. The van der Waals surface area contributed by atoms with Gasteiger partial charge in [-0.3, -0.25) is 4.98 Å². The van der Waals surface area contributed by atoms with E-state index >= 15 is 0 Å². The van der Waals surface area contributed by atoms with E-state index in [1.807, 2.05) is 30.3 Å². The fraction of sp³-hybridized carbons (Fsp3) is 0.100. The van der Waals surface area contributed by atoms with Crippen LogP contribution in [0, 0.1) is 0 Å². The molecule has 0 amide bonds. The SMILES string of the molecule is Clc1ccccc1-c1nccnc1NCCc1c[nH]c2ccccc12. The lowest BCUT2D eigenvalue weighted by Gasteiger charge is -2.11. The highest BCUT2D eigenvalue weighted by molar-refractivity contribution is 6.33. The molecule has 0 aliphatic carbocycles. The summed E-state index contributed by atoms with van der Waals surface area (Å²) in [6, 6.07) is 16.0. The molecule has 2 aromatic carbocycles. The van der Waals surface area contributed by atoms with Gasteiger partial charge < -0.3 is 10.3 Å². The van der Waals surface area contributed by atoms with E-state index in [4.69, 9.17) is 11.6 Å². The summed E-state index contributed by atoms with van der Waals surface area (Å²) in [5.74, 6) is 0.746. The first kappa shape index (κ1) is 15.7. The highest BCUT2D eigenvalue weighted by Gasteiger charge is 2.11. The maximum absolute atomic E-state index is 6.31. The van der Waals surface area contributed by atoms with Gasteiger partial charge in [-0.05, 0) is 24.1 Å². The van der Waals surface area contributed by atoms with Crippen molar-refractivity contribution < 1.29 is 0 Å². The lowest BCUT2D eigenvalue weighted by molar-refractivity contribution is 1.01. The Morgan fingerprint density at radius 2 is 1.76 bits per heavy atom. The summed E-state index contributed by atoms with van der Waals surface area (Å²) in [6.45, 7) is 0.762. The van der Waals surface area contributed by atoms with Gasteiger partial charge in [-0.15, -0.1) is 0 Å². The van der Waals surface area contributed by atoms with Crippen LogP contribution in [0.3, 0.4) is 0 Å². The number of H-pyrrole nitrogens is 1. The molecular weight excluding hydrogens is 332 g/mol. The molecule has 0 radical (unpaired) electrons. The van der Waals surface area contributed by atoms with Crippen LogP contribution < -0.4 is 5.32 Å². The number of hydrogen-bond donors (Lipinski definition) is 2. The number of hydrogen-bond acceptors (Lipinski definition) is 3. The fourth-order valence-electron chi connectivity index (χ4n) is 2.97. The van der Waals surface area contributed by atoms with Gasteiger partial charge in [-0.1, -0.05) is 48.0 Å². The molecule has 4 rings (SSSR count). The summed E-state index contributed by atoms with van der Waals surface area (Å²) in [5.41, 5.74) is 4.10. The molecule has 124 valence electrons.